The number of hydrogen-bond donors (Lipinski definition) is 2. The third kappa shape index (κ3) is 5.20. The standard InChI is InChI=1S/C18H23N3O/c1-3-4-8-18(22)21-17-10-9-16(13-20-17)19-12-15-7-5-6-14(2)11-15/h5-7,9-11,13,19H,3-4,8,12H2,1-2H3,(H,20,21,22). The van der Waals surface area contributed by atoms with E-state index < -0.39 is 0 Å². The van der Waals surface area contributed by atoms with E-state index >= 15 is 0 Å². The summed E-state index contributed by atoms with van der Waals surface area (Å²) in [7, 11) is 0. The molecule has 0 fully saturated rings. The van der Waals surface area contributed by atoms with Crippen LogP contribution in [0, 0.1) is 6.92 Å². The molecule has 2 rings (SSSR count). The van der Waals surface area contributed by atoms with Crippen LogP contribution >= 0.6 is 0 Å². The average molecular weight is 297 g/mol. The van der Waals surface area contributed by atoms with E-state index in [2.05, 4.69) is 53.7 Å². The molecule has 2 aromatic rings. The van der Waals surface area contributed by atoms with Gasteiger partial charge in [0.25, 0.3) is 0 Å². The molecule has 4 nitrogen and oxygen atoms in total. The molecule has 2 N–H and O–H groups in total. The molecule has 1 heterocycles. The number of hydrogen-bond acceptors (Lipinski definition) is 3. The molecule has 0 atom stereocenters. The molecule has 4 heteroatoms. The van der Waals surface area contributed by atoms with Crippen LogP contribution in [0.15, 0.2) is 42.6 Å². The number of nitrogens with one attached hydrogen (secondary N) is 2. The first-order chi connectivity index (χ1) is 10.7. The highest BCUT2D eigenvalue weighted by molar-refractivity contribution is 5.89. The number of amides is 1. The van der Waals surface area contributed by atoms with E-state index in [0.29, 0.717) is 12.2 Å². The van der Waals surface area contributed by atoms with Crippen molar-refractivity contribution in [2.75, 3.05) is 10.6 Å². The van der Waals surface area contributed by atoms with Crippen molar-refractivity contribution in [3.8, 4) is 0 Å². The lowest BCUT2D eigenvalue weighted by atomic mass is 10.1. The molecule has 1 amide bonds. The van der Waals surface area contributed by atoms with Crippen LogP contribution in [0.1, 0.15) is 37.3 Å². The Balaban J connectivity index is 1.85. The molecule has 0 unspecified atom stereocenters. The SMILES string of the molecule is CCCCC(=O)Nc1ccc(NCc2cccc(C)c2)cn1. The first-order valence-corrected chi connectivity index (χ1v) is 7.72. The van der Waals surface area contributed by atoms with Gasteiger partial charge in [0.2, 0.25) is 5.91 Å². The van der Waals surface area contributed by atoms with Gasteiger partial charge in [-0.3, -0.25) is 4.79 Å². The minimum atomic E-state index is 0.0230. The van der Waals surface area contributed by atoms with Crippen molar-refractivity contribution in [1.29, 1.82) is 0 Å². The lowest BCUT2D eigenvalue weighted by molar-refractivity contribution is -0.116. The van der Waals surface area contributed by atoms with E-state index in [9.17, 15) is 4.79 Å². The van der Waals surface area contributed by atoms with Crippen LogP contribution in [-0.4, -0.2) is 10.9 Å². The summed E-state index contributed by atoms with van der Waals surface area (Å²) >= 11 is 0. The minimum Gasteiger partial charge on any atom is -0.380 e. The summed E-state index contributed by atoms with van der Waals surface area (Å²) in [5, 5.41) is 6.14. The minimum absolute atomic E-state index is 0.0230. The zero-order chi connectivity index (χ0) is 15.8. The van der Waals surface area contributed by atoms with E-state index in [1.165, 1.54) is 11.1 Å². The van der Waals surface area contributed by atoms with E-state index in [-0.39, 0.29) is 5.91 Å². The van der Waals surface area contributed by atoms with Crippen molar-refractivity contribution >= 4 is 17.4 Å². The highest BCUT2D eigenvalue weighted by Crippen LogP contribution is 2.12. The van der Waals surface area contributed by atoms with Gasteiger partial charge in [0.1, 0.15) is 5.82 Å². The molecule has 22 heavy (non-hydrogen) atoms. The molecule has 116 valence electrons. The molecule has 0 saturated heterocycles. The Kier molecular flexibility index (Phi) is 5.95. The summed E-state index contributed by atoms with van der Waals surface area (Å²) in [4.78, 5) is 15.9. The van der Waals surface area contributed by atoms with Gasteiger partial charge in [-0.2, -0.15) is 0 Å². The van der Waals surface area contributed by atoms with Crippen LogP contribution in [0.2, 0.25) is 0 Å². The quantitative estimate of drug-likeness (QED) is 0.808. The summed E-state index contributed by atoms with van der Waals surface area (Å²) in [6.07, 6.45) is 4.21. The van der Waals surface area contributed by atoms with Gasteiger partial charge in [0.15, 0.2) is 0 Å². The van der Waals surface area contributed by atoms with E-state index in [0.717, 1.165) is 25.1 Å². The van der Waals surface area contributed by atoms with Crippen molar-refractivity contribution in [3.05, 3.63) is 53.7 Å². The second-order valence-corrected chi connectivity index (χ2v) is 5.43. The summed E-state index contributed by atoms with van der Waals surface area (Å²) in [6, 6.07) is 12.1. The summed E-state index contributed by atoms with van der Waals surface area (Å²) < 4.78 is 0. The molecule has 0 spiro atoms. The van der Waals surface area contributed by atoms with Crippen molar-refractivity contribution in [2.45, 2.75) is 39.7 Å². The second kappa shape index (κ2) is 8.17. The zero-order valence-corrected chi connectivity index (χ0v) is 13.2. The number of carbonyl (C=O) groups is 1. The highest BCUT2D eigenvalue weighted by Gasteiger charge is 2.02. The Bertz CT molecular complexity index is 608. The van der Waals surface area contributed by atoms with Crippen molar-refractivity contribution in [2.24, 2.45) is 0 Å². The molecule has 1 aromatic carbocycles. The molecule has 0 aliphatic heterocycles. The molecule has 0 saturated carbocycles. The average Bonchev–Trinajstić information content (AvgIpc) is 2.52. The van der Waals surface area contributed by atoms with E-state index in [1.807, 2.05) is 12.1 Å². The first-order valence-electron chi connectivity index (χ1n) is 7.72. The maximum atomic E-state index is 11.6. The number of aromatic nitrogens is 1. The third-order valence-corrected chi connectivity index (χ3v) is 3.37. The van der Waals surface area contributed by atoms with Gasteiger partial charge in [-0.25, -0.2) is 4.98 Å². The number of aryl methyl sites for hydroxylation is 1. The predicted octanol–water partition coefficient (Wildman–Crippen LogP) is 4.13. The zero-order valence-electron chi connectivity index (χ0n) is 13.2. The fourth-order valence-electron chi connectivity index (χ4n) is 2.14. The molecule has 1 aromatic heterocycles. The molecular weight excluding hydrogens is 274 g/mol. The fraction of sp³-hybridized carbons (Fsp3) is 0.333. The predicted molar refractivity (Wildman–Crippen MR) is 90.9 cm³/mol. The summed E-state index contributed by atoms with van der Waals surface area (Å²) in [6.45, 7) is 4.91. The number of benzene rings is 1. The number of anilines is 2. The Morgan fingerprint density at radius 3 is 2.77 bits per heavy atom. The van der Waals surface area contributed by atoms with Gasteiger partial charge in [-0.15, -0.1) is 0 Å². The van der Waals surface area contributed by atoms with Gasteiger partial charge in [0, 0.05) is 13.0 Å². The number of nitrogens with zero attached hydrogens (tertiary/aromatic N) is 1. The molecule has 0 aliphatic carbocycles. The van der Waals surface area contributed by atoms with Gasteiger partial charge in [-0.1, -0.05) is 43.2 Å². The number of rotatable bonds is 7. The number of unbranched alkanes of at least 4 members (excludes halogenated alkanes) is 1. The summed E-state index contributed by atoms with van der Waals surface area (Å²) in [5.41, 5.74) is 3.42. The van der Waals surface area contributed by atoms with E-state index in [1.54, 1.807) is 6.20 Å². The third-order valence-electron chi connectivity index (χ3n) is 3.37. The summed E-state index contributed by atoms with van der Waals surface area (Å²) in [5.74, 6) is 0.622. The number of carbonyl (C=O) groups excluding carboxylic acids is 1. The van der Waals surface area contributed by atoms with Crippen LogP contribution in [0.5, 0.6) is 0 Å². The normalized spacial score (nSPS) is 10.3. The molecular formula is C18H23N3O. The Labute approximate surface area is 132 Å². The lowest BCUT2D eigenvalue weighted by Crippen LogP contribution is -2.12. The monoisotopic (exact) mass is 297 g/mol. The Morgan fingerprint density at radius 2 is 2.09 bits per heavy atom. The molecule has 0 bridgehead atoms. The van der Waals surface area contributed by atoms with Gasteiger partial charge < -0.3 is 10.6 Å². The van der Waals surface area contributed by atoms with Crippen molar-refractivity contribution in [1.82, 2.24) is 4.98 Å². The van der Waals surface area contributed by atoms with Crippen LogP contribution in [0.4, 0.5) is 11.5 Å². The fourth-order valence-corrected chi connectivity index (χ4v) is 2.14. The largest absolute Gasteiger partial charge is 0.380 e. The van der Waals surface area contributed by atoms with Crippen LogP contribution in [-0.2, 0) is 11.3 Å². The maximum absolute atomic E-state index is 11.6. The highest BCUT2D eigenvalue weighted by atomic mass is 16.1. The maximum Gasteiger partial charge on any atom is 0.225 e. The van der Waals surface area contributed by atoms with Crippen molar-refractivity contribution in [3.63, 3.8) is 0 Å². The molecule has 0 radical (unpaired) electrons. The van der Waals surface area contributed by atoms with Crippen LogP contribution in [0.3, 0.4) is 0 Å². The van der Waals surface area contributed by atoms with Gasteiger partial charge in [0.05, 0.1) is 11.9 Å². The van der Waals surface area contributed by atoms with Gasteiger partial charge >= 0.3 is 0 Å². The number of pyridine rings is 1. The van der Waals surface area contributed by atoms with Crippen LogP contribution < -0.4 is 10.6 Å². The Morgan fingerprint density at radius 1 is 1.23 bits per heavy atom. The topological polar surface area (TPSA) is 54.0 Å². The van der Waals surface area contributed by atoms with Crippen LogP contribution in [0.25, 0.3) is 0 Å². The Hall–Kier alpha value is -2.36. The smallest absolute Gasteiger partial charge is 0.225 e. The van der Waals surface area contributed by atoms with E-state index in [4.69, 9.17) is 0 Å². The molecule has 0 aliphatic rings. The van der Waals surface area contributed by atoms with Crippen molar-refractivity contribution < 1.29 is 4.79 Å². The van der Waals surface area contributed by atoms with Gasteiger partial charge in [-0.05, 0) is 31.0 Å². The second-order valence-electron chi connectivity index (χ2n) is 5.43. The first kappa shape index (κ1) is 16.0. The lowest BCUT2D eigenvalue weighted by Gasteiger charge is -2.08.